The van der Waals surface area contributed by atoms with Gasteiger partial charge in [0.1, 0.15) is 29.2 Å². The third-order valence-corrected chi connectivity index (χ3v) is 9.15. The molecule has 5 aromatic rings. The molecule has 3 aromatic carbocycles. The lowest BCUT2D eigenvalue weighted by Crippen LogP contribution is -2.32. The highest BCUT2D eigenvalue weighted by Crippen LogP contribution is 2.46. The quantitative estimate of drug-likeness (QED) is 0.166. The average Bonchev–Trinajstić information content (AvgIpc) is 3.79. The summed E-state index contributed by atoms with van der Waals surface area (Å²) >= 11 is 1.22. The molecule has 0 saturated carbocycles. The molecule has 2 aliphatic rings. The van der Waals surface area contributed by atoms with E-state index in [1.165, 1.54) is 36.2 Å². The average molecular weight is 621 g/mol. The number of aromatic amines is 2. The maximum Gasteiger partial charge on any atom is 0.407 e. The Kier molecular flexibility index (Phi) is 6.95. The van der Waals surface area contributed by atoms with Crippen LogP contribution < -0.4 is 14.8 Å². The first-order chi connectivity index (χ1) is 21.3. The van der Waals surface area contributed by atoms with Crippen molar-refractivity contribution < 1.29 is 32.2 Å². The highest BCUT2D eigenvalue weighted by Gasteiger charge is 2.38. The van der Waals surface area contributed by atoms with Gasteiger partial charge >= 0.3 is 6.09 Å². The molecule has 3 N–H and O–H groups in total. The number of fused-ring (bicyclic) bond motifs is 2. The summed E-state index contributed by atoms with van der Waals surface area (Å²) in [5.41, 5.74) is 2.25. The highest BCUT2D eigenvalue weighted by atomic mass is 32.2. The van der Waals surface area contributed by atoms with E-state index < -0.39 is 29.0 Å². The number of alkyl carbamates (subject to hydrolysis) is 1. The number of rotatable bonds is 7. The number of benzene rings is 3. The summed E-state index contributed by atoms with van der Waals surface area (Å²) in [6, 6.07) is 11.5. The minimum Gasteiger partial charge on any atom is -0.493 e. The zero-order chi connectivity index (χ0) is 30.6. The van der Waals surface area contributed by atoms with E-state index in [1.807, 2.05) is 18.2 Å². The predicted octanol–water partition coefficient (Wildman–Crippen LogP) is 7.23. The molecule has 226 valence electrons. The largest absolute Gasteiger partial charge is 0.493 e. The van der Waals surface area contributed by atoms with Crippen LogP contribution in [0, 0.1) is 17.5 Å². The minimum atomic E-state index is -1.14. The lowest BCUT2D eigenvalue weighted by molar-refractivity contribution is 0.139. The molecule has 1 saturated heterocycles. The van der Waals surface area contributed by atoms with E-state index in [1.54, 1.807) is 18.5 Å². The standard InChI is InChI=1S/C32H27F3N4O4S/c1-32(9-11-41-27-16(4-3-5-21(27)32)12-18-14-38-31(40)43-18)23-15-37-30(39-23)20-13-17(6-7-22(20)33)42-28-25(35)24(34)26-19(8-10-36-26)29(28)44-2/h3-8,10,13,15,18,36H,9,11-12,14H2,1-2H3,(H,37,39)(H,38,40). The minimum absolute atomic E-state index is 0.0522. The number of carbonyl (C=O) groups is 1. The first-order valence-corrected chi connectivity index (χ1v) is 15.2. The second-order valence-corrected chi connectivity index (χ2v) is 11.8. The van der Waals surface area contributed by atoms with Gasteiger partial charge in [0.25, 0.3) is 0 Å². The fourth-order valence-corrected chi connectivity index (χ4v) is 6.69. The van der Waals surface area contributed by atoms with E-state index in [9.17, 15) is 9.18 Å². The van der Waals surface area contributed by atoms with Crippen LogP contribution in [0.1, 0.15) is 30.2 Å². The molecule has 1 fully saturated rings. The molecule has 7 rings (SSSR count). The van der Waals surface area contributed by atoms with Crippen LogP contribution in [0.4, 0.5) is 18.0 Å². The second-order valence-electron chi connectivity index (χ2n) is 11.0. The number of H-pyrrole nitrogens is 2. The van der Waals surface area contributed by atoms with E-state index in [2.05, 4.69) is 27.2 Å². The number of ether oxygens (including phenoxy) is 3. The van der Waals surface area contributed by atoms with Gasteiger partial charge in [-0.3, -0.25) is 0 Å². The van der Waals surface area contributed by atoms with Crippen LogP contribution in [0.25, 0.3) is 22.3 Å². The zero-order valence-electron chi connectivity index (χ0n) is 23.7. The van der Waals surface area contributed by atoms with Gasteiger partial charge in [0.2, 0.25) is 5.82 Å². The molecule has 0 spiro atoms. The molecule has 12 heteroatoms. The molecule has 4 heterocycles. The number of hydrogen-bond donors (Lipinski definition) is 3. The molecular formula is C32H27F3N4O4S. The van der Waals surface area contributed by atoms with Crippen LogP contribution >= 0.6 is 11.8 Å². The monoisotopic (exact) mass is 620 g/mol. The van der Waals surface area contributed by atoms with Crippen LogP contribution in [0.2, 0.25) is 0 Å². The summed E-state index contributed by atoms with van der Waals surface area (Å²) in [5, 5.41) is 3.16. The zero-order valence-corrected chi connectivity index (χ0v) is 24.5. The Balaban J connectivity index is 1.21. The van der Waals surface area contributed by atoms with Crippen molar-refractivity contribution >= 4 is 28.8 Å². The number of nitrogens with one attached hydrogen (secondary N) is 3. The molecule has 2 atom stereocenters. The Morgan fingerprint density at radius 1 is 1.16 bits per heavy atom. The van der Waals surface area contributed by atoms with Crippen LogP contribution in [0.3, 0.4) is 0 Å². The smallest absolute Gasteiger partial charge is 0.407 e. The van der Waals surface area contributed by atoms with Gasteiger partial charge in [-0.25, -0.2) is 18.6 Å². The van der Waals surface area contributed by atoms with Crippen LogP contribution in [-0.2, 0) is 16.6 Å². The molecule has 8 nitrogen and oxygen atoms in total. The maximum absolute atomic E-state index is 15.2. The SMILES string of the molecule is CSc1c(Oc2ccc(F)c(-c3ncc(C4(C)CCOc5c(CC6CNC(=O)O6)cccc54)[nH]3)c2)c(F)c(F)c2[nH]ccc12. The van der Waals surface area contributed by atoms with Crippen LogP contribution in [0.15, 0.2) is 59.8 Å². The Morgan fingerprint density at radius 2 is 2.02 bits per heavy atom. The number of nitrogens with zero attached hydrogens (tertiary/aromatic N) is 1. The highest BCUT2D eigenvalue weighted by molar-refractivity contribution is 7.99. The molecule has 2 unspecified atom stereocenters. The second kappa shape index (κ2) is 10.8. The Labute approximate surface area is 254 Å². The number of thioether (sulfide) groups is 1. The van der Waals surface area contributed by atoms with Crippen molar-refractivity contribution in [2.45, 2.75) is 36.2 Å². The number of aromatic nitrogens is 3. The molecular weight excluding hydrogens is 593 g/mol. The van der Waals surface area contributed by atoms with Crippen molar-refractivity contribution in [2.24, 2.45) is 0 Å². The number of hydrogen-bond acceptors (Lipinski definition) is 6. The van der Waals surface area contributed by atoms with Gasteiger partial charge in [-0.05, 0) is 49.4 Å². The van der Waals surface area contributed by atoms with E-state index in [-0.39, 0.29) is 34.5 Å². The lowest BCUT2D eigenvalue weighted by Gasteiger charge is -2.36. The van der Waals surface area contributed by atoms with Crippen molar-refractivity contribution in [3.63, 3.8) is 0 Å². The predicted molar refractivity (Wildman–Crippen MR) is 159 cm³/mol. The van der Waals surface area contributed by atoms with E-state index in [4.69, 9.17) is 14.2 Å². The van der Waals surface area contributed by atoms with Gasteiger partial charge in [-0.2, -0.15) is 4.39 Å². The van der Waals surface area contributed by atoms with Crippen molar-refractivity contribution in [2.75, 3.05) is 19.4 Å². The van der Waals surface area contributed by atoms with Crippen LogP contribution in [0.5, 0.6) is 17.2 Å². The summed E-state index contributed by atoms with van der Waals surface area (Å²) in [5.74, 6) is -1.90. The molecule has 44 heavy (non-hydrogen) atoms. The van der Waals surface area contributed by atoms with Gasteiger partial charge in [0.15, 0.2) is 11.6 Å². The molecule has 2 aliphatic heterocycles. The van der Waals surface area contributed by atoms with Crippen molar-refractivity contribution in [3.8, 4) is 28.6 Å². The first kappa shape index (κ1) is 28.2. The number of carbonyl (C=O) groups excluding carboxylic acids is 1. The molecule has 1 amide bonds. The summed E-state index contributed by atoms with van der Waals surface area (Å²) < 4.78 is 62.4. The summed E-state index contributed by atoms with van der Waals surface area (Å²) in [4.78, 5) is 22.5. The van der Waals surface area contributed by atoms with Gasteiger partial charge in [0.05, 0.1) is 29.1 Å². The molecule has 0 bridgehead atoms. The van der Waals surface area contributed by atoms with Gasteiger partial charge < -0.3 is 29.5 Å². The van der Waals surface area contributed by atoms with Gasteiger partial charge in [0, 0.05) is 40.9 Å². The number of halogens is 3. The molecule has 0 aliphatic carbocycles. The Hall–Kier alpha value is -4.58. The number of cyclic esters (lactones) is 1. The third kappa shape index (κ3) is 4.64. The summed E-state index contributed by atoms with van der Waals surface area (Å²) in [7, 11) is 0. The van der Waals surface area contributed by atoms with Crippen molar-refractivity contribution in [3.05, 3.63) is 89.1 Å². The number of imidazole rings is 1. The maximum atomic E-state index is 15.2. The lowest BCUT2D eigenvalue weighted by atomic mass is 9.74. The molecule has 2 aromatic heterocycles. The normalized spacial score (nSPS) is 19.4. The number of amides is 1. The first-order valence-electron chi connectivity index (χ1n) is 14.0. The van der Waals surface area contributed by atoms with Crippen LogP contribution in [-0.4, -0.2) is 46.6 Å². The van der Waals surface area contributed by atoms with Gasteiger partial charge in [-0.15, -0.1) is 11.8 Å². The molecule has 0 radical (unpaired) electrons. The van der Waals surface area contributed by atoms with Crippen molar-refractivity contribution in [1.82, 2.24) is 20.3 Å². The fraction of sp³-hybridized carbons (Fsp3) is 0.250. The Bertz CT molecular complexity index is 1930. The fourth-order valence-electron chi connectivity index (χ4n) is 5.98. The third-order valence-electron chi connectivity index (χ3n) is 8.33. The topological polar surface area (TPSA) is 101 Å². The summed E-state index contributed by atoms with van der Waals surface area (Å²) in [6.07, 6.45) is 5.37. The van der Waals surface area contributed by atoms with E-state index in [0.29, 0.717) is 36.3 Å². The van der Waals surface area contributed by atoms with Crippen molar-refractivity contribution in [1.29, 1.82) is 0 Å². The summed E-state index contributed by atoms with van der Waals surface area (Å²) in [6.45, 7) is 2.94. The van der Waals surface area contributed by atoms with Gasteiger partial charge in [-0.1, -0.05) is 18.2 Å². The van der Waals surface area contributed by atoms with E-state index >= 15 is 8.78 Å². The Morgan fingerprint density at radius 3 is 2.82 bits per heavy atom. The van der Waals surface area contributed by atoms with E-state index in [0.717, 1.165) is 22.6 Å². The number of para-hydroxylation sites is 1.